The molecule has 3 aliphatic rings. The molecule has 0 bridgehead atoms. The molecule has 3 heterocycles. The van der Waals surface area contributed by atoms with E-state index in [9.17, 15) is 4.79 Å². The van der Waals surface area contributed by atoms with E-state index >= 15 is 0 Å². The van der Waals surface area contributed by atoms with Crippen LogP contribution in [-0.4, -0.2) is 49.3 Å². The molecule has 2 fully saturated rings. The van der Waals surface area contributed by atoms with E-state index in [2.05, 4.69) is 24.1 Å². The molecule has 3 aliphatic heterocycles. The predicted molar refractivity (Wildman–Crippen MR) is 101 cm³/mol. The molecule has 0 atom stereocenters. The first-order chi connectivity index (χ1) is 12.4. The molecule has 0 saturated carbocycles. The Morgan fingerprint density at radius 1 is 1.27 bits per heavy atom. The third kappa shape index (κ3) is 3.45. The van der Waals surface area contributed by atoms with E-state index in [4.69, 9.17) is 21.1 Å². The number of halogens is 1. The van der Waals surface area contributed by atoms with E-state index in [0.29, 0.717) is 26.2 Å². The summed E-state index contributed by atoms with van der Waals surface area (Å²) in [6.45, 7) is 8.97. The summed E-state index contributed by atoms with van der Waals surface area (Å²) in [6, 6.07) is 4.08. The van der Waals surface area contributed by atoms with E-state index in [-0.39, 0.29) is 16.9 Å². The zero-order chi connectivity index (χ0) is 18.4. The summed E-state index contributed by atoms with van der Waals surface area (Å²) in [5.41, 5.74) is 2.19. The number of hydrogen-bond acceptors (Lipinski definition) is 4. The second-order valence-corrected chi connectivity index (χ2v) is 8.88. The van der Waals surface area contributed by atoms with Gasteiger partial charge in [-0.05, 0) is 25.0 Å². The van der Waals surface area contributed by atoms with Crippen molar-refractivity contribution >= 4 is 17.5 Å². The fraction of sp³-hybridized carbons (Fsp3) is 0.650. The fourth-order valence-electron chi connectivity index (χ4n) is 4.21. The minimum atomic E-state index is -0.197. The third-order valence-corrected chi connectivity index (χ3v) is 6.16. The zero-order valence-corrected chi connectivity index (χ0v) is 16.3. The number of hydrogen-bond donors (Lipinski definition) is 1. The van der Waals surface area contributed by atoms with Gasteiger partial charge in [-0.15, -0.1) is 0 Å². The number of likely N-dealkylation sites (tertiary alicyclic amines) is 1. The van der Waals surface area contributed by atoms with Crippen molar-refractivity contribution in [1.29, 1.82) is 0 Å². The number of benzene rings is 1. The highest BCUT2D eigenvalue weighted by Crippen LogP contribution is 2.43. The summed E-state index contributed by atoms with van der Waals surface area (Å²) >= 11 is 6.39. The highest BCUT2D eigenvalue weighted by molar-refractivity contribution is 6.30. The summed E-state index contributed by atoms with van der Waals surface area (Å²) in [5.74, 6) is 1.11. The van der Waals surface area contributed by atoms with Crippen LogP contribution in [0.5, 0.6) is 5.75 Å². The van der Waals surface area contributed by atoms with Gasteiger partial charge in [-0.2, -0.15) is 0 Å². The van der Waals surface area contributed by atoms with E-state index < -0.39 is 0 Å². The smallest absolute Gasteiger partial charge is 0.222 e. The lowest BCUT2D eigenvalue weighted by Crippen LogP contribution is -2.50. The number of amides is 1. The van der Waals surface area contributed by atoms with Crippen molar-refractivity contribution in [3.8, 4) is 5.75 Å². The van der Waals surface area contributed by atoms with Gasteiger partial charge in [0.1, 0.15) is 5.75 Å². The molecule has 0 radical (unpaired) electrons. The molecule has 1 spiro atoms. The zero-order valence-electron chi connectivity index (χ0n) is 15.6. The quantitative estimate of drug-likeness (QED) is 0.859. The molecular weight excluding hydrogens is 352 g/mol. The van der Waals surface area contributed by atoms with Crippen molar-refractivity contribution in [2.75, 3.05) is 32.8 Å². The SMILES string of the molecule is CC1(C)COc2c(CN3CCC4(CC3)CNC(=O)CCO4)cc(Cl)cc21. The maximum atomic E-state index is 11.6. The van der Waals surface area contributed by atoms with Crippen molar-refractivity contribution < 1.29 is 14.3 Å². The normalized spacial score (nSPS) is 24.7. The molecule has 26 heavy (non-hydrogen) atoms. The first-order valence-corrected chi connectivity index (χ1v) is 9.83. The van der Waals surface area contributed by atoms with Crippen LogP contribution in [-0.2, 0) is 21.5 Å². The lowest BCUT2D eigenvalue weighted by Gasteiger charge is -2.40. The first-order valence-electron chi connectivity index (χ1n) is 9.46. The Bertz CT molecular complexity index is 711. The highest BCUT2D eigenvalue weighted by Gasteiger charge is 2.38. The number of carbonyl (C=O) groups is 1. The molecule has 1 N–H and O–H groups in total. The maximum absolute atomic E-state index is 11.6. The number of nitrogens with one attached hydrogen (secondary N) is 1. The number of fused-ring (bicyclic) bond motifs is 1. The van der Waals surface area contributed by atoms with Crippen molar-refractivity contribution in [3.63, 3.8) is 0 Å². The van der Waals surface area contributed by atoms with Crippen LogP contribution in [0.1, 0.15) is 44.2 Å². The standard InChI is InChI=1S/C20H27ClN2O3/c1-19(2)13-25-18-14(9-15(21)10-16(18)19)11-23-6-4-20(5-7-23)12-22-17(24)3-8-26-20/h9-10H,3-8,11-13H2,1-2H3,(H,22,24). The van der Waals surface area contributed by atoms with Crippen molar-refractivity contribution in [2.24, 2.45) is 0 Å². The number of carbonyl (C=O) groups excluding carboxylic acids is 1. The van der Waals surface area contributed by atoms with Crippen LogP contribution >= 0.6 is 11.6 Å². The third-order valence-electron chi connectivity index (χ3n) is 5.94. The van der Waals surface area contributed by atoms with Gasteiger partial charge in [-0.25, -0.2) is 0 Å². The Labute approximate surface area is 160 Å². The van der Waals surface area contributed by atoms with Crippen LogP contribution < -0.4 is 10.1 Å². The molecule has 0 unspecified atom stereocenters. The van der Waals surface area contributed by atoms with Gasteiger partial charge in [0, 0.05) is 54.2 Å². The summed E-state index contributed by atoms with van der Waals surface area (Å²) < 4.78 is 12.1. The summed E-state index contributed by atoms with van der Waals surface area (Å²) in [6.07, 6.45) is 2.33. The number of piperidine rings is 1. The van der Waals surface area contributed by atoms with E-state index in [1.165, 1.54) is 11.1 Å². The van der Waals surface area contributed by atoms with E-state index in [1.54, 1.807) is 0 Å². The van der Waals surface area contributed by atoms with Gasteiger partial charge >= 0.3 is 0 Å². The average Bonchev–Trinajstić information content (AvgIpc) is 2.79. The Balaban J connectivity index is 1.45. The minimum Gasteiger partial charge on any atom is -0.492 e. The van der Waals surface area contributed by atoms with E-state index in [0.717, 1.165) is 43.2 Å². The van der Waals surface area contributed by atoms with Gasteiger partial charge in [0.05, 0.1) is 18.8 Å². The van der Waals surface area contributed by atoms with Gasteiger partial charge in [0.25, 0.3) is 0 Å². The van der Waals surface area contributed by atoms with Gasteiger partial charge < -0.3 is 14.8 Å². The molecule has 142 valence electrons. The molecule has 6 heteroatoms. The molecule has 4 rings (SSSR count). The second kappa shape index (κ2) is 6.70. The predicted octanol–water partition coefficient (Wildman–Crippen LogP) is 2.88. The number of nitrogens with zero attached hydrogens (tertiary/aromatic N) is 1. The van der Waals surface area contributed by atoms with Gasteiger partial charge in [0.15, 0.2) is 0 Å². The molecule has 1 aromatic carbocycles. The lowest BCUT2D eigenvalue weighted by atomic mass is 9.86. The highest BCUT2D eigenvalue weighted by atomic mass is 35.5. The van der Waals surface area contributed by atoms with Crippen molar-refractivity contribution in [3.05, 3.63) is 28.3 Å². The van der Waals surface area contributed by atoms with Crippen molar-refractivity contribution in [1.82, 2.24) is 10.2 Å². The van der Waals surface area contributed by atoms with Crippen LogP contribution in [0.15, 0.2) is 12.1 Å². The Morgan fingerprint density at radius 2 is 2.04 bits per heavy atom. The monoisotopic (exact) mass is 378 g/mol. The molecule has 2 saturated heterocycles. The molecule has 5 nitrogen and oxygen atoms in total. The Kier molecular flexibility index (Phi) is 4.66. The Hall–Kier alpha value is -1.30. The molecule has 0 aliphatic carbocycles. The summed E-state index contributed by atoms with van der Waals surface area (Å²) in [5, 5.41) is 3.78. The maximum Gasteiger partial charge on any atom is 0.222 e. The fourth-order valence-corrected chi connectivity index (χ4v) is 4.45. The van der Waals surface area contributed by atoms with Crippen LogP contribution in [0.25, 0.3) is 0 Å². The van der Waals surface area contributed by atoms with Gasteiger partial charge in [0.2, 0.25) is 5.91 Å². The van der Waals surface area contributed by atoms with Crippen molar-refractivity contribution in [2.45, 2.75) is 50.7 Å². The number of ether oxygens (including phenoxy) is 2. The number of rotatable bonds is 2. The largest absolute Gasteiger partial charge is 0.492 e. The summed E-state index contributed by atoms with van der Waals surface area (Å²) in [7, 11) is 0. The van der Waals surface area contributed by atoms with Gasteiger partial charge in [-0.1, -0.05) is 25.4 Å². The molecule has 1 amide bonds. The molecule has 1 aromatic rings. The topological polar surface area (TPSA) is 50.8 Å². The van der Waals surface area contributed by atoms with Crippen LogP contribution in [0.4, 0.5) is 0 Å². The lowest BCUT2D eigenvalue weighted by molar-refractivity contribution is -0.120. The Morgan fingerprint density at radius 3 is 2.81 bits per heavy atom. The van der Waals surface area contributed by atoms with Crippen LogP contribution in [0.3, 0.4) is 0 Å². The van der Waals surface area contributed by atoms with Crippen LogP contribution in [0.2, 0.25) is 5.02 Å². The average molecular weight is 379 g/mol. The first kappa shape index (κ1) is 18.1. The second-order valence-electron chi connectivity index (χ2n) is 8.45. The molecular formula is C20H27ClN2O3. The van der Waals surface area contributed by atoms with Gasteiger partial charge in [-0.3, -0.25) is 9.69 Å². The minimum absolute atomic E-state index is 0.00728. The summed E-state index contributed by atoms with van der Waals surface area (Å²) in [4.78, 5) is 14.0. The molecule has 0 aromatic heterocycles. The van der Waals surface area contributed by atoms with E-state index in [1.807, 2.05) is 12.1 Å². The van der Waals surface area contributed by atoms with Crippen LogP contribution in [0, 0.1) is 0 Å².